The molecule has 2 aliphatic heterocycles. The predicted molar refractivity (Wildman–Crippen MR) is 87.5 cm³/mol. The van der Waals surface area contributed by atoms with Crippen LogP contribution in [0.4, 0.5) is 18.0 Å². The normalized spacial score (nSPS) is 26.0. The van der Waals surface area contributed by atoms with Crippen LogP contribution in [-0.2, 0) is 10.0 Å². The van der Waals surface area contributed by atoms with Gasteiger partial charge in [0.25, 0.3) is 0 Å². The van der Waals surface area contributed by atoms with E-state index < -0.39 is 33.7 Å². The third-order valence-corrected chi connectivity index (χ3v) is 7.25. The highest BCUT2D eigenvalue weighted by molar-refractivity contribution is 7.89. The molecular formula is C15H26F3N3O3S. The van der Waals surface area contributed by atoms with Crippen molar-refractivity contribution in [3.63, 3.8) is 0 Å². The molecular weight excluding hydrogens is 359 g/mol. The van der Waals surface area contributed by atoms with Gasteiger partial charge in [-0.1, -0.05) is 0 Å². The van der Waals surface area contributed by atoms with E-state index in [2.05, 4.69) is 5.32 Å². The molecule has 1 atom stereocenters. The largest absolute Gasteiger partial charge is 0.394 e. The number of rotatable bonds is 3. The van der Waals surface area contributed by atoms with Crippen molar-refractivity contribution in [3.8, 4) is 0 Å². The molecule has 146 valence electrons. The van der Waals surface area contributed by atoms with Gasteiger partial charge in [0.2, 0.25) is 10.0 Å². The first-order valence-corrected chi connectivity index (χ1v) is 10.1. The van der Waals surface area contributed by atoms with Crippen molar-refractivity contribution in [2.45, 2.75) is 57.8 Å². The Morgan fingerprint density at radius 2 is 1.72 bits per heavy atom. The second kappa shape index (κ2) is 6.94. The quantitative estimate of drug-likeness (QED) is 0.810. The topological polar surface area (TPSA) is 69.7 Å². The maximum Gasteiger partial charge on any atom is 0.394 e. The molecule has 25 heavy (non-hydrogen) atoms. The number of alkyl halides is 3. The van der Waals surface area contributed by atoms with Crippen molar-refractivity contribution >= 4 is 16.1 Å². The van der Waals surface area contributed by atoms with E-state index in [0.29, 0.717) is 25.9 Å². The Morgan fingerprint density at radius 3 is 2.16 bits per heavy atom. The number of nitrogens with one attached hydrogen (secondary N) is 1. The number of piperidine rings is 1. The zero-order valence-corrected chi connectivity index (χ0v) is 15.6. The SMILES string of the molecule is CCS(=O)(=O)N1CCC(NC(=O)N2CC[C@H](C(F)(F)F)C2(C)C)CC1. The Kier molecular flexibility index (Phi) is 5.63. The molecule has 1 N–H and O–H groups in total. The number of nitrogens with zero attached hydrogens (tertiary/aromatic N) is 2. The van der Waals surface area contributed by atoms with Crippen LogP contribution in [0.15, 0.2) is 0 Å². The minimum absolute atomic E-state index is 0.0326. The summed E-state index contributed by atoms with van der Waals surface area (Å²) in [5, 5.41) is 2.78. The summed E-state index contributed by atoms with van der Waals surface area (Å²) in [4.78, 5) is 13.7. The van der Waals surface area contributed by atoms with Gasteiger partial charge in [0.1, 0.15) is 0 Å². The number of sulfonamides is 1. The van der Waals surface area contributed by atoms with Crippen LogP contribution in [0.3, 0.4) is 0 Å². The summed E-state index contributed by atoms with van der Waals surface area (Å²) in [6, 6.07) is -0.731. The molecule has 0 radical (unpaired) electrons. The Labute approximate surface area is 146 Å². The number of urea groups is 1. The molecule has 2 heterocycles. The first-order chi connectivity index (χ1) is 11.4. The second-order valence-corrected chi connectivity index (χ2v) is 9.47. The molecule has 6 nitrogen and oxygen atoms in total. The lowest BCUT2D eigenvalue weighted by molar-refractivity contribution is -0.189. The number of hydrogen-bond acceptors (Lipinski definition) is 3. The Morgan fingerprint density at radius 1 is 1.16 bits per heavy atom. The van der Waals surface area contributed by atoms with E-state index in [1.165, 1.54) is 23.1 Å². The summed E-state index contributed by atoms with van der Waals surface area (Å²) in [6.45, 7) is 5.15. The van der Waals surface area contributed by atoms with E-state index in [0.717, 1.165) is 0 Å². The van der Waals surface area contributed by atoms with Gasteiger partial charge in [-0.15, -0.1) is 0 Å². The van der Waals surface area contributed by atoms with E-state index in [1.54, 1.807) is 6.92 Å². The van der Waals surface area contributed by atoms with Crippen molar-refractivity contribution < 1.29 is 26.4 Å². The first kappa shape index (κ1) is 20.3. The summed E-state index contributed by atoms with van der Waals surface area (Å²) in [5.74, 6) is -1.51. The van der Waals surface area contributed by atoms with E-state index in [9.17, 15) is 26.4 Å². The molecule has 10 heteroatoms. The number of halogens is 3. The summed E-state index contributed by atoms with van der Waals surface area (Å²) in [7, 11) is -3.25. The van der Waals surface area contributed by atoms with Crippen LogP contribution in [0.1, 0.15) is 40.0 Å². The number of carbonyl (C=O) groups excluding carboxylic acids is 1. The Bertz CT molecular complexity index is 599. The van der Waals surface area contributed by atoms with E-state index in [1.807, 2.05) is 0 Å². The smallest absolute Gasteiger partial charge is 0.335 e. The van der Waals surface area contributed by atoms with Gasteiger partial charge in [-0.25, -0.2) is 17.5 Å². The molecule has 2 amide bonds. The standard InChI is InChI=1S/C15H26F3N3O3S/c1-4-25(23,24)20-8-5-11(6-9-20)19-13(22)21-10-7-12(14(21,2)3)15(16,17)18/h11-12H,4-10H2,1-3H3,(H,19,22)/t12-/m0/s1. The molecule has 2 saturated heterocycles. The molecule has 2 aliphatic rings. The molecule has 0 saturated carbocycles. The van der Waals surface area contributed by atoms with Crippen LogP contribution >= 0.6 is 0 Å². The van der Waals surface area contributed by atoms with Gasteiger partial charge in [0.15, 0.2) is 0 Å². The number of carbonyl (C=O) groups is 1. The van der Waals surface area contributed by atoms with Crippen molar-refractivity contribution in [3.05, 3.63) is 0 Å². The fourth-order valence-electron chi connectivity index (χ4n) is 3.73. The van der Waals surface area contributed by atoms with E-state index >= 15 is 0 Å². The van der Waals surface area contributed by atoms with Gasteiger partial charge in [0, 0.05) is 25.7 Å². The Hall–Kier alpha value is -1.03. The average molecular weight is 385 g/mol. The maximum atomic E-state index is 13.1. The summed E-state index contributed by atoms with van der Waals surface area (Å²) in [6.07, 6.45) is -3.51. The summed E-state index contributed by atoms with van der Waals surface area (Å²) < 4.78 is 64.4. The van der Waals surface area contributed by atoms with Crippen molar-refractivity contribution in [1.82, 2.24) is 14.5 Å². The molecule has 0 bridgehead atoms. The molecule has 2 fully saturated rings. The molecule has 2 rings (SSSR count). The average Bonchev–Trinajstić information content (AvgIpc) is 2.83. The van der Waals surface area contributed by atoms with Crippen LogP contribution in [0.2, 0.25) is 0 Å². The third kappa shape index (κ3) is 4.21. The summed E-state index contributed by atoms with van der Waals surface area (Å²) >= 11 is 0. The third-order valence-electron chi connectivity index (χ3n) is 5.37. The van der Waals surface area contributed by atoms with Gasteiger partial charge < -0.3 is 10.2 Å². The minimum Gasteiger partial charge on any atom is -0.335 e. The second-order valence-electron chi connectivity index (χ2n) is 7.21. The van der Waals surface area contributed by atoms with Crippen molar-refractivity contribution in [2.24, 2.45) is 5.92 Å². The van der Waals surface area contributed by atoms with Crippen LogP contribution in [0.25, 0.3) is 0 Å². The molecule has 0 unspecified atom stereocenters. The summed E-state index contributed by atoms with van der Waals surface area (Å²) in [5.41, 5.74) is -1.30. The molecule has 0 spiro atoms. The fraction of sp³-hybridized carbons (Fsp3) is 0.933. The molecule has 0 aromatic heterocycles. The van der Waals surface area contributed by atoms with Crippen molar-refractivity contribution in [1.29, 1.82) is 0 Å². The van der Waals surface area contributed by atoms with Gasteiger partial charge in [0.05, 0.1) is 17.2 Å². The lowest BCUT2D eigenvalue weighted by Crippen LogP contribution is -2.56. The van der Waals surface area contributed by atoms with Gasteiger partial charge in [-0.3, -0.25) is 0 Å². The van der Waals surface area contributed by atoms with Crippen LogP contribution in [-0.4, -0.2) is 66.8 Å². The highest BCUT2D eigenvalue weighted by Gasteiger charge is 2.56. The Balaban J connectivity index is 1.94. The lowest BCUT2D eigenvalue weighted by Gasteiger charge is -2.38. The zero-order chi connectivity index (χ0) is 19.0. The minimum atomic E-state index is -4.33. The maximum absolute atomic E-state index is 13.1. The highest BCUT2D eigenvalue weighted by atomic mass is 32.2. The predicted octanol–water partition coefficient (Wildman–Crippen LogP) is 2.17. The highest BCUT2D eigenvalue weighted by Crippen LogP contribution is 2.44. The van der Waals surface area contributed by atoms with Gasteiger partial charge in [-0.05, 0) is 40.0 Å². The van der Waals surface area contributed by atoms with E-state index in [4.69, 9.17) is 0 Å². The lowest BCUT2D eigenvalue weighted by atomic mass is 9.88. The van der Waals surface area contributed by atoms with E-state index in [-0.39, 0.29) is 24.8 Å². The van der Waals surface area contributed by atoms with Crippen LogP contribution < -0.4 is 5.32 Å². The molecule has 0 aliphatic carbocycles. The van der Waals surface area contributed by atoms with Gasteiger partial charge in [-0.2, -0.15) is 13.2 Å². The van der Waals surface area contributed by atoms with Crippen molar-refractivity contribution in [2.75, 3.05) is 25.4 Å². The fourth-order valence-corrected chi connectivity index (χ4v) is 4.86. The monoisotopic (exact) mass is 385 g/mol. The van der Waals surface area contributed by atoms with Gasteiger partial charge >= 0.3 is 12.2 Å². The number of amides is 2. The zero-order valence-electron chi connectivity index (χ0n) is 14.8. The van der Waals surface area contributed by atoms with Crippen LogP contribution in [0.5, 0.6) is 0 Å². The first-order valence-electron chi connectivity index (χ1n) is 8.52. The number of hydrogen-bond donors (Lipinski definition) is 1. The molecule has 0 aromatic carbocycles. The van der Waals surface area contributed by atoms with Crippen LogP contribution in [0, 0.1) is 5.92 Å². The molecule has 0 aromatic rings. The number of likely N-dealkylation sites (tertiary alicyclic amines) is 1.